The lowest BCUT2D eigenvalue weighted by Gasteiger charge is -2.38. The zero-order valence-electron chi connectivity index (χ0n) is 15.2. The number of carbonyl (C=O) groups excluding carboxylic acids is 1. The summed E-state index contributed by atoms with van der Waals surface area (Å²) in [6.07, 6.45) is 1.95. The molecule has 0 aliphatic carbocycles. The first-order valence-corrected chi connectivity index (χ1v) is 8.85. The van der Waals surface area contributed by atoms with E-state index in [1.165, 1.54) is 0 Å². The third-order valence-electron chi connectivity index (χ3n) is 4.91. The first kappa shape index (κ1) is 19.3. The van der Waals surface area contributed by atoms with Crippen LogP contribution in [0.15, 0.2) is 54.1 Å². The molecule has 1 amide bonds. The van der Waals surface area contributed by atoms with Gasteiger partial charge in [-0.05, 0) is 18.2 Å². The van der Waals surface area contributed by atoms with Gasteiger partial charge in [-0.15, -0.1) is 12.4 Å². The quantitative estimate of drug-likeness (QED) is 0.880. The fourth-order valence-electron chi connectivity index (χ4n) is 3.59. The van der Waals surface area contributed by atoms with Gasteiger partial charge in [0.15, 0.2) is 0 Å². The van der Waals surface area contributed by atoms with Gasteiger partial charge >= 0.3 is 0 Å². The van der Waals surface area contributed by atoms with Crippen molar-refractivity contribution in [2.75, 3.05) is 33.4 Å². The summed E-state index contributed by atoms with van der Waals surface area (Å²) >= 11 is 0. The van der Waals surface area contributed by atoms with Crippen LogP contribution in [0, 0.1) is 0 Å². The molecule has 6 heteroatoms. The normalized spacial score (nSPS) is 18.5. The van der Waals surface area contributed by atoms with E-state index >= 15 is 0 Å². The molecule has 142 valence electrons. The number of methoxy groups -OCH3 is 1. The third-order valence-corrected chi connectivity index (χ3v) is 4.91. The van der Waals surface area contributed by atoms with Crippen molar-refractivity contribution < 1.29 is 14.3 Å². The summed E-state index contributed by atoms with van der Waals surface area (Å²) < 4.78 is 11.3. The van der Waals surface area contributed by atoms with E-state index in [0.717, 1.165) is 29.2 Å². The van der Waals surface area contributed by atoms with Crippen LogP contribution in [0.2, 0.25) is 0 Å². The minimum absolute atomic E-state index is 0. The minimum Gasteiger partial charge on any atom is -0.496 e. The lowest BCUT2D eigenvalue weighted by atomic mass is 10.00. The molecule has 0 radical (unpaired) electrons. The fraction of sp³-hybridized carbons (Fsp3) is 0.286. The van der Waals surface area contributed by atoms with Crippen molar-refractivity contribution in [3.05, 3.63) is 65.2 Å². The van der Waals surface area contributed by atoms with E-state index in [-0.39, 0.29) is 24.4 Å². The van der Waals surface area contributed by atoms with Gasteiger partial charge in [-0.25, -0.2) is 0 Å². The predicted octanol–water partition coefficient (Wildman–Crippen LogP) is 3.07. The molecule has 0 aromatic heterocycles. The molecule has 2 aromatic rings. The number of rotatable bonds is 3. The Bertz CT molecular complexity index is 853. The molecule has 2 aromatic carbocycles. The summed E-state index contributed by atoms with van der Waals surface area (Å²) in [5.74, 6) is 1.65. The number of nitrogens with zero attached hydrogens (tertiary/aromatic N) is 1. The average molecular weight is 387 g/mol. The zero-order valence-corrected chi connectivity index (χ0v) is 16.0. The molecule has 0 spiro atoms. The van der Waals surface area contributed by atoms with E-state index in [0.29, 0.717) is 25.3 Å². The van der Waals surface area contributed by atoms with E-state index in [4.69, 9.17) is 9.47 Å². The second-order valence-electron chi connectivity index (χ2n) is 6.46. The Kier molecular flexibility index (Phi) is 6.04. The molecule has 1 unspecified atom stereocenters. The predicted molar refractivity (Wildman–Crippen MR) is 107 cm³/mol. The Labute approximate surface area is 165 Å². The summed E-state index contributed by atoms with van der Waals surface area (Å²) in [6, 6.07) is 15.6. The summed E-state index contributed by atoms with van der Waals surface area (Å²) in [5, 5.41) is 3.39. The van der Waals surface area contributed by atoms with Gasteiger partial charge in [-0.1, -0.05) is 36.4 Å². The van der Waals surface area contributed by atoms with Crippen LogP contribution in [0.5, 0.6) is 11.5 Å². The zero-order chi connectivity index (χ0) is 17.9. The number of fused-ring (bicyclic) bond motifs is 1. The van der Waals surface area contributed by atoms with Gasteiger partial charge in [-0.2, -0.15) is 0 Å². The van der Waals surface area contributed by atoms with Crippen molar-refractivity contribution in [2.24, 2.45) is 0 Å². The highest BCUT2D eigenvalue weighted by Crippen LogP contribution is 2.32. The number of amides is 1. The van der Waals surface area contributed by atoms with Crippen LogP contribution in [-0.4, -0.2) is 44.2 Å². The fourth-order valence-corrected chi connectivity index (χ4v) is 3.59. The SMILES string of the molecule is COc1ccccc1C1CNCCN1C(=O)C1=Cc2ccccc2OC1.Cl. The molecule has 1 atom stereocenters. The number of nitrogens with one attached hydrogen (secondary N) is 1. The summed E-state index contributed by atoms with van der Waals surface area (Å²) in [5.41, 5.74) is 2.66. The molecule has 4 rings (SSSR count). The molecular weight excluding hydrogens is 364 g/mol. The Balaban J connectivity index is 0.00000210. The van der Waals surface area contributed by atoms with Crippen LogP contribution in [0.3, 0.4) is 0 Å². The van der Waals surface area contributed by atoms with Gasteiger partial charge in [-0.3, -0.25) is 4.79 Å². The minimum atomic E-state index is -0.0644. The van der Waals surface area contributed by atoms with Gasteiger partial charge < -0.3 is 19.7 Å². The van der Waals surface area contributed by atoms with Gasteiger partial charge in [0.1, 0.15) is 18.1 Å². The summed E-state index contributed by atoms with van der Waals surface area (Å²) in [7, 11) is 1.66. The number of carbonyl (C=O) groups is 1. The van der Waals surface area contributed by atoms with Crippen molar-refractivity contribution in [3.8, 4) is 11.5 Å². The monoisotopic (exact) mass is 386 g/mol. The Hall–Kier alpha value is -2.50. The number of para-hydroxylation sites is 2. The summed E-state index contributed by atoms with van der Waals surface area (Å²) in [6.45, 7) is 2.44. The number of benzene rings is 2. The van der Waals surface area contributed by atoms with Crippen LogP contribution < -0.4 is 14.8 Å². The number of ether oxygens (including phenoxy) is 2. The molecule has 0 saturated carbocycles. The van der Waals surface area contributed by atoms with E-state index in [2.05, 4.69) is 5.32 Å². The highest BCUT2D eigenvalue weighted by atomic mass is 35.5. The van der Waals surface area contributed by atoms with Crippen molar-refractivity contribution in [1.82, 2.24) is 10.2 Å². The molecule has 1 saturated heterocycles. The number of hydrogen-bond acceptors (Lipinski definition) is 4. The molecule has 27 heavy (non-hydrogen) atoms. The van der Waals surface area contributed by atoms with Crippen molar-refractivity contribution in [3.63, 3.8) is 0 Å². The third kappa shape index (κ3) is 3.80. The maximum Gasteiger partial charge on any atom is 0.253 e. The number of piperazine rings is 1. The second kappa shape index (κ2) is 8.46. The topological polar surface area (TPSA) is 50.8 Å². The van der Waals surface area contributed by atoms with Crippen LogP contribution in [-0.2, 0) is 4.79 Å². The van der Waals surface area contributed by atoms with E-state index in [1.807, 2.05) is 59.5 Å². The van der Waals surface area contributed by atoms with Crippen molar-refractivity contribution >= 4 is 24.4 Å². The standard InChI is InChI=1S/C21H22N2O3.ClH/c1-25-20-9-5-3-7-17(20)18-13-22-10-11-23(18)21(24)16-12-15-6-2-4-8-19(15)26-14-16;/h2-9,12,18,22H,10-11,13-14H2,1H3;1H. The van der Waals surface area contributed by atoms with Crippen LogP contribution in [0.1, 0.15) is 17.2 Å². The Morgan fingerprint density at radius 1 is 1.19 bits per heavy atom. The van der Waals surface area contributed by atoms with E-state index in [1.54, 1.807) is 7.11 Å². The molecule has 5 nitrogen and oxygen atoms in total. The molecule has 1 N–H and O–H groups in total. The lowest BCUT2D eigenvalue weighted by molar-refractivity contribution is -0.130. The molecular formula is C21H23ClN2O3. The molecule has 0 bridgehead atoms. The van der Waals surface area contributed by atoms with Gasteiger partial charge in [0.2, 0.25) is 0 Å². The molecule has 2 heterocycles. The molecule has 2 aliphatic heterocycles. The summed E-state index contributed by atoms with van der Waals surface area (Å²) in [4.78, 5) is 15.2. The smallest absolute Gasteiger partial charge is 0.253 e. The van der Waals surface area contributed by atoms with Gasteiger partial charge in [0, 0.05) is 30.8 Å². The first-order valence-electron chi connectivity index (χ1n) is 8.85. The van der Waals surface area contributed by atoms with Crippen LogP contribution in [0.4, 0.5) is 0 Å². The highest BCUT2D eigenvalue weighted by Gasteiger charge is 2.32. The maximum atomic E-state index is 13.3. The Morgan fingerprint density at radius 3 is 2.81 bits per heavy atom. The van der Waals surface area contributed by atoms with Gasteiger partial charge in [0.05, 0.1) is 18.7 Å². The Morgan fingerprint density at radius 2 is 1.96 bits per heavy atom. The molecule has 2 aliphatic rings. The van der Waals surface area contributed by atoms with Crippen LogP contribution >= 0.6 is 12.4 Å². The molecule has 1 fully saturated rings. The second-order valence-corrected chi connectivity index (χ2v) is 6.46. The largest absolute Gasteiger partial charge is 0.496 e. The van der Waals surface area contributed by atoms with Crippen molar-refractivity contribution in [1.29, 1.82) is 0 Å². The van der Waals surface area contributed by atoms with E-state index < -0.39 is 0 Å². The van der Waals surface area contributed by atoms with Crippen molar-refractivity contribution in [2.45, 2.75) is 6.04 Å². The maximum absolute atomic E-state index is 13.3. The lowest BCUT2D eigenvalue weighted by Crippen LogP contribution is -2.49. The average Bonchev–Trinajstić information content (AvgIpc) is 2.73. The number of halogens is 1. The number of hydrogen-bond donors (Lipinski definition) is 1. The van der Waals surface area contributed by atoms with Gasteiger partial charge in [0.25, 0.3) is 5.91 Å². The first-order chi connectivity index (χ1) is 12.8. The highest BCUT2D eigenvalue weighted by molar-refractivity contribution is 5.99. The van der Waals surface area contributed by atoms with Crippen LogP contribution in [0.25, 0.3) is 6.08 Å². The van der Waals surface area contributed by atoms with E-state index in [9.17, 15) is 4.79 Å².